The van der Waals surface area contributed by atoms with Crippen molar-refractivity contribution < 1.29 is 14.7 Å². The molecule has 7 nitrogen and oxygen atoms in total. The minimum Gasteiger partial charge on any atom is -0.481 e. The first-order valence-electron chi connectivity index (χ1n) is 7.52. The molecule has 0 aromatic carbocycles. The third-order valence-corrected chi connectivity index (χ3v) is 3.99. The molecule has 0 saturated heterocycles. The van der Waals surface area contributed by atoms with Crippen LogP contribution >= 0.6 is 0 Å². The Morgan fingerprint density at radius 1 is 1.27 bits per heavy atom. The molecule has 0 bridgehead atoms. The van der Waals surface area contributed by atoms with Gasteiger partial charge in [0.25, 0.3) is 5.91 Å². The average Bonchev–Trinajstić information content (AvgIpc) is 2.46. The number of hydrogen-bond donors (Lipinski definition) is 3. The smallest absolute Gasteiger partial charge is 0.305 e. The third kappa shape index (κ3) is 3.93. The van der Waals surface area contributed by atoms with Gasteiger partial charge in [-0.3, -0.25) is 9.59 Å². The van der Waals surface area contributed by atoms with E-state index in [2.05, 4.69) is 20.6 Å². The number of rotatable bonds is 5. The van der Waals surface area contributed by atoms with E-state index in [4.69, 9.17) is 5.11 Å². The van der Waals surface area contributed by atoms with Crippen LogP contribution < -0.4 is 10.6 Å². The summed E-state index contributed by atoms with van der Waals surface area (Å²) in [5, 5.41) is 14.9. The largest absolute Gasteiger partial charge is 0.481 e. The van der Waals surface area contributed by atoms with Crippen LogP contribution in [0.15, 0.2) is 6.07 Å². The molecule has 0 unspecified atom stereocenters. The van der Waals surface area contributed by atoms with Gasteiger partial charge >= 0.3 is 5.97 Å². The maximum atomic E-state index is 12.5. The fraction of sp³-hybridized carbons (Fsp3) is 0.600. The molecule has 1 aliphatic rings. The summed E-state index contributed by atoms with van der Waals surface area (Å²) in [5.74, 6) is -0.858. The molecule has 2 rings (SSSR count). The molecule has 1 heterocycles. The third-order valence-electron chi connectivity index (χ3n) is 3.99. The molecule has 1 aromatic rings. The first-order chi connectivity index (χ1) is 10.4. The minimum absolute atomic E-state index is 0.0539. The Morgan fingerprint density at radius 2 is 1.95 bits per heavy atom. The van der Waals surface area contributed by atoms with Crippen LogP contribution in [-0.4, -0.2) is 39.5 Å². The number of carbonyl (C=O) groups excluding carboxylic acids is 1. The highest BCUT2D eigenvalue weighted by Crippen LogP contribution is 2.31. The first-order valence-corrected chi connectivity index (χ1v) is 7.52. The Hall–Kier alpha value is -2.18. The molecule has 0 radical (unpaired) electrons. The molecule has 1 saturated carbocycles. The summed E-state index contributed by atoms with van der Waals surface area (Å²) in [5.41, 5.74) is 0.271. The van der Waals surface area contributed by atoms with Crippen molar-refractivity contribution in [3.8, 4) is 0 Å². The fourth-order valence-corrected chi connectivity index (χ4v) is 2.97. The van der Waals surface area contributed by atoms with Crippen molar-refractivity contribution in [3.05, 3.63) is 17.5 Å². The number of nitrogens with zero attached hydrogens (tertiary/aromatic N) is 2. The van der Waals surface area contributed by atoms with Crippen LogP contribution in [0.4, 0.5) is 5.95 Å². The lowest BCUT2D eigenvalue weighted by Gasteiger charge is -2.36. The second-order valence-corrected chi connectivity index (χ2v) is 5.83. The summed E-state index contributed by atoms with van der Waals surface area (Å²) in [6.45, 7) is 1.78. The van der Waals surface area contributed by atoms with E-state index in [1.165, 1.54) is 0 Å². The van der Waals surface area contributed by atoms with E-state index >= 15 is 0 Å². The summed E-state index contributed by atoms with van der Waals surface area (Å²) >= 11 is 0. The van der Waals surface area contributed by atoms with Crippen molar-refractivity contribution in [1.29, 1.82) is 0 Å². The van der Waals surface area contributed by atoms with Crippen molar-refractivity contribution in [3.63, 3.8) is 0 Å². The van der Waals surface area contributed by atoms with Crippen molar-refractivity contribution in [2.45, 2.75) is 51.0 Å². The number of anilines is 1. The monoisotopic (exact) mass is 306 g/mol. The Kier molecular flexibility index (Phi) is 4.95. The van der Waals surface area contributed by atoms with E-state index in [0.29, 0.717) is 24.5 Å². The molecule has 1 fully saturated rings. The quantitative estimate of drug-likeness (QED) is 0.765. The maximum absolute atomic E-state index is 12.5. The molecule has 3 N–H and O–H groups in total. The molecule has 120 valence electrons. The van der Waals surface area contributed by atoms with Gasteiger partial charge < -0.3 is 15.7 Å². The highest BCUT2D eigenvalue weighted by atomic mass is 16.4. The Balaban J connectivity index is 2.20. The van der Waals surface area contributed by atoms with Crippen molar-refractivity contribution in [1.82, 2.24) is 15.3 Å². The maximum Gasteiger partial charge on any atom is 0.305 e. The van der Waals surface area contributed by atoms with Gasteiger partial charge in [-0.1, -0.05) is 19.3 Å². The number of hydrogen-bond acceptors (Lipinski definition) is 5. The molecule has 1 amide bonds. The Morgan fingerprint density at radius 3 is 2.55 bits per heavy atom. The van der Waals surface area contributed by atoms with Crippen LogP contribution in [0.3, 0.4) is 0 Å². The molecule has 0 aliphatic heterocycles. The van der Waals surface area contributed by atoms with Gasteiger partial charge in [0.1, 0.15) is 5.69 Å². The lowest BCUT2D eigenvalue weighted by Crippen LogP contribution is -2.51. The van der Waals surface area contributed by atoms with Gasteiger partial charge in [0.2, 0.25) is 5.95 Å². The number of amides is 1. The zero-order valence-corrected chi connectivity index (χ0v) is 13.0. The van der Waals surface area contributed by atoms with E-state index in [0.717, 1.165) is 19.3 Å². The van der Waals surface area contributed by atoms with Gasteiger partial charge in [-0.2, -0.15) is 0 Å². The molecule has 22 heavy (non-hydrogen) atoms. The highest BCUT2D eigenvalue weighted by molar-refractivity contribution is 5.93. The standard InChI is InChI=1S/C15H22N4O3/c1-10-8-11(18-14(16-2)17-10)13(22)19-15(9-12(20)21)6-4-3-5-7-15/h8H,3-7,9H2,1-2H3,(H,19,22)(H,20,21)(H,16,17,18). The van der Waals surface area contributed by atoms with Gasteiger partial charge in [-0.15, -0.1) is 0 Å². The molecule has 1 aromatic heterocycles. The molecule has 0 spiro atoms. The molecule has 0 atom stereocenters. The zero-order valence-electron chi connectivity index (χ0n) is 13.0. The predicted octanol–water partition coefficient (Wildman–Crippen LogP) is 1.73. The van der Waals surface area contributed by atoms with Crippen LogP contribution in [0.1, 0.15) is 54.7 Å². The van der Waals surface area contributed by atoms with E-state index in [1.807, 2.05) is 0 Å². The highest BCUT2D eigenvalue weighted by Gasteiger charge is 2.36. The average molecular weight is 306 g/mol. The number of carboxylic acids is 1. The summed E-state index contributed by atoms with van der Waals surface area (Å²) in [6, 6.07) is 1.60. The second-order valence-electron chi connectivity index (χ2n) is 5.83. The number of aliphatic carboxylic acids is 1. The van der Waals surface area contributed by atoms with Crippen LogP contribution in [0.25, 0.3) is 0 Å². The lowest BCUT2D eigenvalue weighted by atomic mass is 9.79. The number of carboxylic acid groups (broad SMARTS) is 1. The number of carbonyl (C=O) groups is 2. The van der Waals surface area contributed by atoms with E-state index in [-0.39, 0.29) is 18.0 Å². The van der Waals surface area contributed by atoms with Crippen molar-refractivity contribution in [2.24, 2.45) is 0 Å². The van der Waals surface area contributed by atoms with Gasteiger partial charge in [-0.05, 0) is 25.8 Å². The van der Waals surface area contributed by atoms with Crippen LogP contribution in [0, 0.1) is 6.92 Å². The van der Waals surface area contributed by atoms with Crippen molar-refractivity contribution >= 4 is 17.8 Å². The Bertz CT molecular complexity index is 568. The Labute approximate surface area is 129 Å². The summed E-state index contributed by atoms with van der Waals surface area (Å²) in [7, 11) is 1.68. The SMILES string of the molecule is CNc1nc(C)cc(C(=O)NC2(CC(=O)O)CCCCC2)n1. The summed E-state index contributed by atoms with van der Waals surface area (Å²) in [6.07, 6.45) is 4.26. The molecular weight excluding hydrogens is 284 g/mol. The van der Waals surface area contributed by atoms with E-state index in [9.17, 15) is 9.59 Å². The topological polar surface area (TPSA) is 104 Å². The summed E-state index contributed by atoms with van der Waals surface area (Å²) < 4.78 is 0. The number of nitrogens with one attached hydrogen (secondary N) is 2. The molecular formula is C15H22N4O3. The number of aryl methyl sites for hydroxylation is 1. The van der Waals surface area contributed by atoms with Gasteiger partial charge in [0, 0.05) is 12.7 Å². The van der Waals surface area contributed by atoms with Crippen LogP contribution in [-0.2, 0) is 4.79 Å². The van der Waals surface area contributed by atoms with Gasteiger partial charge in [-0.25, -0.2) is 9.97 Å². The normalized spacial score (nSPS) is 16.8. The van der Waals surface area contributed by atoms with Gasteiger partial charge in [0.15, 0.2) is 0 Å². The zero-order chi connectivity index (χ0) is 16.2. The molecule has 7 heteroatoms. The fourth-order valence-electron chi connectivity index (χ4n) is 2.97. The predicted molar refractivity (Wildman–Crippen MR) is 81.9 cm³/mol. The van der Waals surface area contributed by atoms with E-state index < -0.39 is 11.5 Å². The van der Waals surface area contributed by atoms with Gasteiger partial charge in [0.05, 0.1) is 12.0 Å². The summed E-state index contributed by atoms with van der Waals surface area (Å²) in [4.78, 5) is 32.0. The van der Waals surface area contributed by atoms with Crippen LogP contribution in [0.5, 0.6) is 0 Å². The van der Waals surface area contributed by atoms with Crippen molar-refractivity contribution in [2.75, 3.05) is 12.4 Å². The van der Waals surface area contributed by atoms with E-state index in [1.54, 1.807) is 20.0 Å². The lowest BCUT2D eigenvalue weighted by molar-refractivity contribution is -0.139. The van der Waals surface area contributed by atoms with Crippen LogP contribution in [0.2, 0.25) is 0 Å². The first kappa shape index (κ1) is 16.2. The number of aromatic nitrogens is 2. The second kappa shape index (κ2) is 6.72. The molecule has 1 aliphatic carbocycles. The minimum atomic E-state index is -0.892.